The summed E-state index contributed by atoms with van der Waals surface area (Å²) in [6.45, 7) is 4.03. The number of carbonyl (C=O) groups excluding carboxylic acids is 2. The second kappa shape index (κ2) is 7.82. The Morgan fingerprint density at radius 3 is 2.19 bits per heavy atom. The summed E-state index contributed by atoms with van der Waals surface area (Å²) >= 11 is 0. The third-order valence-electron chi connectivity index (χ3n) is 6.02. The summed E-state index contributed by atoms with van der Waals surface area (Å²) in [4.78, 5) is 28.7. The maximum absolute atomic E-state index is 13.7. The number of carbonyl (C=O) groups is 2. The Hall–Kier alpha value is -4.18. The molecule has 0 aromatic heterocycles. The summed E-state index contributed by atoms with van der Waals surface area (Å²) in [7, 11) is 0. The minimum atomic E-state index is -0.355. The van der Waals surface area contributed by atoms with E-state index in [0.29, 0.717) is 22.5 Å². The molecule has 0 saturated heterocycles. The van der Waals surface area contributed by atoms with Crippen LogP contribution in [0.4, 0.5) is 11.4 Å². The van der Waals surface area contributed by atoms with Gasteiger partial charge in [0.25, 0.3) is 11.8 Å². The van der Waals surface area contributed by atoms with Crippen LogP contribution in [0.2, 0.25) is 0 Å². The summed E-state index contributed by atoms with van der Waals surface area (Å²) in [5, 5.41) is 5.13. The molecule has 156 valence electrons. The number of aryl methyl sites for hydroxylation is 1. The predicted octanol–water partition coefficient (Wildman–Crippen LogP) is 5.85. The number of hydrogen-bond donors (Lipinski definition) is 1. The average Bonchev–Trinajstić information content (AvgIpc) is 3.06. The van der Waals surface area contributed by atoms with Crippen molar-refractivity contribution in [3.05, 3.63) is 113 Å². The minimum Gasteiger partial charge on any atom is -0.350 e. The summed E-state index contributed by atoms with van der Waals surface area (Å²) < 4.78 is 0. The van der Waals surface area contributed by atoms with Crippen molar-refractivity contribution in [3.8, 4) is 0 Å². The largest absolute Gasteiger partial charge is 0.350 e. The van der Waals surface area contributed by atoms with Gasteiger partial charge >= 0.3 is 0 Å². The second-order valence-corrected chi connectivity index (χ2v) is 7.93. The van der Waals surface area contributed by atoms with Crippen LogP contribution in [0.5, 0.6) is 0 Å². The molecule has 0 unspecified atom stereocenters. The highest BCUT2D eigenvalue weighted by atomic mass is 16.2. The van der Waals surface area contributed by atoms with Gasteiger partial charge in [0.1, 0.15) is 5.70 Å². The molecule has 4 aromatic rings. The van der Waals surface area contributed by atoms with Gasteiger partial charge in [0.05, 0.1) is 11.3 Å². The number of fused-ring (bicyclic) bond motifs is 1. The number of hydrogen-bond acceptors (Lipinski definition) is 3. The van der Waals surface area contributed by atoms with E-state index in [1.807, 2.05) is 105 Å². The fourth-order valence-corrected chi connectivity index (χ4v) is 4.16. The molecular formula is C28H22N2O2. The van der Waals surface area contributed by atoms with Gasteiger partial charge in [0.15, 0.2) is 0 Å². The zero-order chi connectivity index (χ0) is 22.2. The van der Waals surface area contributed by atoms with Gasteiger partial charge in [0.2, 0.25) is 0 Å². The highest BCUT2D eigenvalue weighted by Crippen LogP contribution is 2.37. The van der Waals surface area contributed by atoms with E-state index in [4.69, 9.17) is 0 Å². The average molecular weight is 418 g/mol. The highest BCUT2D eigenvalue weighted by molar-refractivity contribution is 6.47. The van der Waals surface area contributed by atoms with E-state index in [9.17, 15) is 9.59 Å². The third-order valence-corrected chi connectivity index (χ3v) is 6.02. The molecule has 4 aromatic carbocycles. The normalized spacial score (nSPS) is 13.9. The first-order valence-electron chi connectivity index (χ1n) is 10.6. The summed E-state index contributed by atoms with van der Waals surface area (Å²) in [5.74, 6) is -0.684. The number of amides is 2. The van der Waals surface area contributed by atoms with Crippen molar-refractivity contribution in [2.24, 2.45) is 0 Å². The fraction of sp³-hybridized carbons (Fsp3) is 0.0714. The number of nitrogens with one attached hydrogen (secondary N) is 1. The van der Waals surface area contributed by atoms with E-state index in [1.54, 1.807) is 0 Å². The van der Waals surface area contributed by atoms with Crippen molar-refractivity contribution in [3.63, 3.8) is 0 Å². The van der Waals surface area contributed by atoms with Crippen LogP contribution in [-0.4, -0.2) is 11.8 Å². The van der Waals surface area contributed by atoms with Crippen LogP contribution < -0.4 is 10.2 Å². The van der Waals surface area contributed by atoms with Gasteiger partial charge in [-0.3, -0.25) is 9.59 Å². The molecule has 4 nitrogen and oxygen atoms in total. The van der Waals surface area contributed by atoms with Crippen LogP contribution in [0, 0.1) is 13.8 Å². The van der Waals surface area contributed by atoms with Gasteiger partial charge < -0.3 is 5.32 Å². The maximum atomic E-state index is 13.7. The van der Waals surface area contributed by atoms with Crippen LogP contribution >= 0.6 is 0 Å². The molecule has 0 aliphatic carbocycles. The Morgan fingerprint density at radius 1 is 0.688 bits per heavy atom. The molecule has 1 aliphatic rings. The molecule has 32 heavy (non-hydrogen) atoms. The van der Waals surface area contributed by atoms with Crippen LogP contribution in [0.3, 0.4) is 0 Å². The third kappa shape index (κ3) is 3.17. The second-order valence-electron chi connectivity index (χ2n) is 7.93. The van der Waals surface area contributed by atoms with Crippen molar-refractivity contribution in [2.75, 3.05) is 10.2 Å². The maximum Gasteiger partial charge on any atom is 0.282 e. The molecule has 5 rings (SSSR count). The molecule has 2 amide bonds. The van der Waals surface area contributed by atoms with E-state index >= 15 is 0 Å². The molecule has 0 fully saturated rings. The lowest BCUT2D eigenvalue weighted by Gasteiger charge is -2.18. The fourth-order valence-electron chi connectivity index (χ4n) is 4.16. The number of rotatable bonds is 4. The molecule has 1 aliphatic heterocycles. The quantitative estimate of drug-likeness (QED) is 0.423. The molecule has 0 bridgehead atoms. The van der Waals surface area contributed by atoms with Gasteiger partial charge in [-0.25, -0.2) is 4.90 Å². The lowest BCUT2D eigenvalue weighted by Crippen LogP contribution is -2.32. The molecule has 0 saturated carbocycles. The summed E-state index contributed by atoms with van der Waals surface area (Å²) in [6, 6.07) is 28.7. The van der Waals surface area contributed by atoms with E-state index in [2.05, 4.69) is 5.32 Å². The first kappa shape index (κ1) is 19.8. The topological polar surface area (TPSA) is 49.4 Å². The monoisotopic (exact) mass is 418 g/mol. The van der Waals surface area contributed by atoms with Crippen molar-refractivity contribution in [2.45, 2.75) is 13.8 Å². The van der Waals surface area contributed by atoms with E-state index in [0.717, 1.165) is 27.6 Å². The standard InChI is InChI=1S/C28H22N2O2/c1-18-10-8-16-23(19(18)2)29-26-25(21-12-4-3-5-13-21)27(31)30(28(26)32)24-17-9-14-20-11-6-7-15-22(20)24/h3-17,29H,1-2H3. The van der Waals surface area contributed by atoms with Crippen molar-refractivity contribution >= 4 is 39.5 Å². The van der Waals surface area contributed by atoms with Gasteiger partial charge in [0, 0.05) is 11.1 Å². The van der Waals surface area contributed by atoms with Crippen LogP contribution in [0.1, 0.15) is 16.7 Å². The molecule has 0 spiro atoms. The number of imide groups is 1. The van der Waals surface area contributed by atoms with Gasteiger partial charge in [-0.15, -0.1) is 0 Å². The Bertz CT molecular complexity index is 1400. The van der Waals surface area contributed by atoms with Gasteiger partial charge in [-0.05, 0) is 48.1 Å². The predicted molar refractivity (Wildman–Crippen MR) is 129 cm³/mol. The summed E-state index contributed by atoms with van der Waals surface area (Å²) in [6.07, 6.45) is 0. The minimum absolute atomic E-state index is 0.294. The molecule has 1 N–H and O–H groups in total. The smallest absolute Gasteiger partial charge is 0.282 e. The van der Waals surface area contributed by atoms with Crippen molar-refractivity contribution < 1.29 is 9.59 Å². The number of benzene rings is 4. The van der Waals surface area contributed by atoms with Crippen LogP contribution in [0.25, 0.3) is 16.3 Å². The zero-order valence-electron chi connectivity index (χ0n) is 17.9. The van der Waals surface area contributed by atoms with Crippen molar-refractivity contribution in [1.82, 2.24) is 0 Å². The number of anilines is 2. The van der Waals surface area contributed by atoms with E-state index in [1.165, 1.54) is 4.90 Å². The lowest BCUT2D eigenvalue weighted by atomic mass is 10.0. The first-order valence-corrected chi connectivity index (χ1v) is 10.6. The Labute approximate surface area is 186 Å². The van der Waals surface area contributed by atoms with E-state index < -0.39 is 0 Å². The molecule has 4 heteroatoms. The molecular weight excluding hydrogens is 396 g/mol. The Balaban J connectivity index is 1.68. The Kier molecular flexibility index (Phi) is 4.83. The highest BCUT2D eigenvalue weighted by Gasteiger charge is 2.40. The summed E-state index contributed by atoms with van der Waals surface area (Å²) in [5.41, 5.74) is 4.93. The first-order chi connectivity index (χ1) is 15.6. The number of nitrogens with zero attached hydrogens (tertiary/aromatic N) is 1. The zero-order valence-corrected chi connectivity index (χ0v) is 17.9. The van der Waals surface area contributed by atoms with E-state index in [-0.39, 0.29) is 11.8 Å². The Morgan fingerprint density at radius 2 is 1.38 bits per heavy atom. The van der Waals surface area contributed by atoms with Crippen LogP contribution in [0.15, 0.2) is 96.7 Å². The van der Waals surface area contributed by atoms with Crippen LogP contribution in [-0.2, 0) is 9.59 Å². The SMILES string of the molecule is Cc1cccc(NC2=C(c3ccccc3)C(=O)N(c3cccc4ccccc34)C2=O)c1C. The molecule has 0 radical (unpaired) electrons. The van der Waals surface area contributed by atoms with Gasteiger partial charge in [-0.2, -0.15) is 0 Å². The molecule has 0 atom stereocenters. The lowest BCUT2D eigenvalue weighted by molar-refractivity contribution is -0.120. The van der Waals surface area contributed by atoms with Crippen molar-refractivity contribution in [1.29, 1.82) is 0 Å². The molecule has 1 heterocycles. The van der Waals surface area contributed by atoms with Gasteiger partial charge in [-0.1, -0.05) is 78.9 Å².